The molecule has 0 aliphatic carbocycles. The van der Waals surface area contributed by atoms with Gasteiger partial charge in [-0.05, 0) is 64.2 Å². The summed E-state index contributed by atoms with van der Waals surface area (Å²) in [6.45, 7) is 11.6. The highest BCUT2D eigenvalue weighted by Gasteiger charge is 2.60. The fourth-order valence-corrected chi connectivity index (χ4v) is 12.0. The first kappa shape index (κ1) is 68.5. The number of aliphatic hydroxyl groups excluding tert-OH is 7. The molecule has 448 valence electrons. The Labute approximate surface area is 460 Å². The number of amides is 4. The Hall–Kier alpha value is -2.78. The number of carbonyl (C=O) groups excluding carboxylic acids is 4. The van der Waals surface area contributed by atoms with E-state index in [2.05, 4.69) is 29.8 Å². The molecular weight excluding hydrogens is 1020 g/mol. The third-order valence-electron chi connectivity index (χ3n) is 16.1. The van der Waals surface area contributed by atoms with Crippen molar-refractivity contribution in [3.8, 4) is 0 Å². The van der Waals surface area contributed by atoms with E-state index in [1.54, 1.807) is 13.8 Å². The highest BCUT2D eigenvalue weighted by molar-refractivity contribution is 8.00. The number of nitrogens with zero attached hydrogens (tertiary/aromatic N) is 1. The molecule has 0 bridgehead atoms. The summed E-state index contributed by atoms with van der Waals surface area (Å²) in [5.41, 5.74) is -2.54. The van der Waals surface area contributed by atoms with Gasteiger partial charge in [0.15, 0.2) is 6.29 Å². The van der Waals surface area contributed by atoms with Crippen molar-refractivity contribution in [3.05, 3.63) is 0 Å². The minimum absolute atomic E-state index is 0.0606. The standard InChI is InChI=1S/C54H98N4O18S/c1-8-14-15-18-23-35(9-2)57-41(63)24-19-16-22-28-58-42(64)30-39(49(58)69)77-29-25-40(62)55-27-21-17-20-26-52(10-3,11-4)76-50-47(68)46(67)45(66)38(74-50)33-73-54(51(70)71)31-36(53(72,12-5)13-6)43(56-34(7)60)48(75-54)44(65)37(61)32-59/h35-39,42-48,50,59,61,64-68,72H,8-33H2,1-7H3,(H,55,62)(H,56,60)(H,57,63)(H,70,71). The minimum Gasteiger partial charge on any atom is -0.477 e. The number of unbranched alkanes of at least 4 members (excludes halogenated alkanes) is 7. The first-order valence-corrected chi connectivity index (χ1v) is 29.7. The number of carbonyl (C=O) groups is 5. The third-order valence-corrected chi connectivity index (χ3v) is 17.4. The van der Waals surface area contributed by atoms with Gasteiger partial charge in [0.2, 0.25) is 23.6 Å². The van der Waals surface area contributed by atoms with E-state index in [9.17, 15) is 69.9 Å². The molecule has 3 rings (SSSR count). The molecule has 0 spiro atoms. The maximum absolute atomic E-state index is 13.2. The molecule has 3 saturated heterocycles. The molecule has 0 aromatic rings. The lowest BCUT2D eigenvalue weighted by atomic mass is 9.70. The van der Waals surface area contributed by atoms with Crippen molar-refractivity contribution in [2.45, 2.75) is 273 Å². The molecule has 0 saturated carbocycles. The SMILES string of the molecule is CCCCCCC(CC)NC(=O)CCCCCN1C(=O)C(SCCC(=O)NCCCCCC(CC)(CC)OC2OC(COC3(C(=O)O)CC(C(O)(CC)CC)C(NC(C)=O)C(C(O)C(O)CO)O3)C(O)C(O)C2O)CC1O. The highest BCUT2D eigenvalue weighted by Crippen LogP contribution is 2.44. The summed E-state index contributed by atoms with van der Waals surface area (Å²) in [5.74, 6) is -6.03. The summed E-state index contributed by atoms with van der Waals surface area (Å²) in [4.78, 5) is 65.5. The lowest BCUT2D eigenvalue weighted by Crippen LogP contribution is -2.70. The van der Waals surface area contributed by atoms with Crippen LogP contribution in [-0.2, 0) is 42.9 Å². The van der Waals surface area contributed by atoms with Crippen molar-refractivity contribution < 1.29 is 88.9 Å². The fraction of sp³-hybridized carbons (Fsp3) is 0.907. The predicted molar refractivity (Wildman–Crippen MR) is 287 cm³/mol. The van der Waals surface area contributed by atoms with Crippen LogP contribution in [0.25, 0.3) is 0 Å². The van der Waals surface area contributed by atoms with Crippen molar-refractivity contribution in [2.75, 3.05) is 32.1 Å². The lowest BCUT2D eigenvalue weighted by molar-refractivity contribution is -0.352. The average Bonchev–Trinajstić information content (AvgIpc) is 3.68. The van der Waals surface area contributed by atoms with Gasteiger partial charge >= 0.3 is 5.97 Å². The van der Waals surface area contributed by atoms with Gasteiger partial charge in [0.25, 0.3) is 5.79 Å². The molecule has 12 N–H and O–H groups in total. The van der Waals surface area contributed by atoms with Gasteiger partial charge in [-0.25, -0.2) is 4.79 Å². The molecule has 0 aromatic heterocycles. The van der Waals surface area contributed by atoms with Gasteiger partial charge in [0.1, 0.15) is 49.0 Å². The molecule has 0 radical (unpaired) electrons. The number of carboxylic acids is 1. The molecule has 77 heavy (non-hydrogen) atoms. The zero-order valence-corrected chi connectivity index (χ0v) is 47.8. The van der Waals surface area contributed by atoms with E-state index in [1.807, 2.05) is 13.8 Å². The minimum atomic E-state index is -2.70. The smallest absolute Gasteiger partial charge is 0.364 e. The van der Waals surface area contributed by atoms with Gasteiger partial charge < -0.3 is 85.8 Å². The summed E-state index contributed by atoms with van der Waals surface area (Å²) in [5, 5.41) is 106. The van der Waals surface area contributed by atoms with E-state index in [0.29, 0.717) is 83.1 Å². The van der Waals surface area contributed by atoms with E-state index in [0.717, 1.165) is 25.7 Å². The maximum atomic E-state index is 13.2. The van der Waals surface area contributed by atoms with Crippen LogP contribution in [0.15, 0.2) is 0 Å². The van der Waals surface area contributed by atoms with E-state index in [1.165, 1.54) is 42.8 Å². The van der Waals surface area contributed by atoms with E-state index in [-0.39, 0.29) is 43.0 Å². The molecule has 0 aromatic carbocycles. The Morgan fingerprint density at radius 1 is 0.857 bits per heavy atom. The van der Waals surface area contributed by atoms with Crippen LogP contribution >= 0.6 is 11.8 Å². The monoisotopic (exact) mass is 1120 g/mol. The molecule has 4 amide bonds. The summed E-state index contributed by atoms with van der Waals surface area (Å²) in [6.07, 6.45) is -2.31. The van der Waals surface area contributed by atoms with Gasteiger partial charge in [0, 0.05) is 63.4 Å². The summed E-state index contributed by atoms with van der Waals surface area (Å²) in [7, 11) is 0. The number of ether oxygens (including phenoxy) is 4. The predicted octanol–water partition coefficient (Wildman–Crippen LogP) is 2.49. The molecule has 14 atom stereocenters. The van der Waals surface area contributed by atoms with E-state index in [4.69, 9.17) is 18.9 Å². The number of nitrogens with one attached hydrogen (secondary N) is 3. The van der Waals surface area contributed by atoms with Crippen molar-refractivity contribution in [1.29, 1.82) is 0 Å². The fourth-order valence-electron chi connectivity index (χ4n) is 10.8. The topological polar surface area (TPSA) is 344 Å². The van der Waals surface area contributed by atoms with Crippen LogP contribution < -0.4 is 16.0 Å². The summed E-state index contributed by atoms with van der Waals surface area (Å²) < 4.78 is 24.3. The number of hydrogen-bond acceptors (Lipinski definition) is 18. The van der Waals surface area contributed by atoms with Crippen LogP contribution in [0.5, 0.6) is 0 Å². The van der Waals surface area contributed by atoms with Crippen LogP contribution in [-0.4, -0.2) is 202 Å². The van der Waals surface area contributed by atoms with E-state index < -0.39 is 121 Å². The van der Waals surface area contributed by atoms with Crippen LogP contribution in [0.1, 0.15) is 183 Å². The molecule has 14 unspecified atom stereocenters. The van der Waals surface area contributed by atoms with Gasteiger partial charge in [-0.2, -0.15) is 0 Å². The molecular formula is C54H98N4O18S. The first-order chi connectivity index (χ1) is 36.5. The van der Waals surface area contributed by atoms with Gasteiger partial charge in [0.05, 0.1) is 35.7 Å². The van der Waals surface area contributed by atoms with Crippen molar-refractivity contribution in [3.63, 3.8) is 0 Å². The Bertz CT molecular complexity index is 1780. The van der Waals surface area contributed by atoms with Crippen molar-refractivity contribution in [2.24, 2.45) is 5.92 Å². The number of thioether (sulfide) groups is 1. The molecule has 22 nitrogen and oxygen atoms in total. The van der Waals surface area contributed by atoms with Crippen molar-refractivity contribution >= 4 is 41.4 Å². The second-order valence-corrected chi connectivity index (χ2v) is 22.7. The molecule has 23 heteroatoms. The second kappa shape index (κ2) is 33.8. The number of aliphatic carboxylic acids is 1. The van der Waals surface area contributed by atoms with Crippen LogP contribution in [0.2, 0.25) is 0 Å². The van der Waals surface area contributed by atoms with E-state index >= 15 is 0 Å². The Balaban J connectivity index is 1.49. The number of hydrogen-bond donors (Lipinski definition) is 12. The zero-order valence-electron chi connectivity index (χ0n) is 46.9. The lowest BCUT2D eigenvalue weighted by Gasteiger charge is -2.52. The summed E-state index contributed by atoms with van der Waals surface area (Å²) in [6, 6.07) is -1.07. The Morgan fingerprint density at radius 3 is 2.14 bits per heavy atom. The van der Waals surface area contributed by atoms with Gasteiger partial charge in [-0.15, -0.1) is 11.8 Å². The largest absolute Gasteiger partial charge is 0.477 e. The number of carboxylic acid groups (broad SMARTS) is 1. The summed E-state index contributed by atoms with van der Waals surface area (Å²) >= 11 is 1.36. The first-order valence-electron chi connectivity index (χ1n) is 28.6. The quantitative estimate of drug-likeness (QED) is 0.0395. The number of likely N-dealkylation sites (tertiary alicyclic amines) is 1. The molecule has 3 aliphatic heterocycles. The Morgan fingerprint density at radius 2 is 1.53 bits per heavy atom. The molecule has 3 aliphatic rings. The van der Waals surface area contributed by atoms with Crippen LogP contribution in [0.4, 0.5) is 0 Å². The average molecular weight is 1120 g/mol. The second-order valence-electron chi connectivity index (χ2n) is 21.4. The number of aliphatic hydroxyl groups is 8. The molecule has 3 fully saturated rings. The number of rotatable bonds is 38. The Kier molecular flexibility index (Phi) is 30.1. The van der Waals surface area contributed by atoms with Crippen molar-refractivity contribution in [1.82, 2.24) is 20.9 Å². The zero-order chi connectivity index (χ0) is 57.5. The van der Waals surface area contributed by atoms with Crippen LogP contribution in [0.3, 0.4) is 0 Å². The van der Waals surface area contributed by atoms with Gasteiger partial charge in [-0.1, -0.05) is 86.5 Å². The third kappa shape index (κ3) is 20.0. The molecule has 3 heterocycles. The van der Waals surface area contributed by atoms with Gasteiger partial charge in [-0.3, -0.25) is 19.2 Å². The normalized spacial score (nSPS) is 28.2. The highest BCUT2D eigenvalue weighted by atomic mass is 32.2. The van der Waals surface area contributed by atoms with Crippen LogP contribution in [0, 0.1) is 5.92 Å². The maximum Gasteiger partial charge on any atom is 0.364 e.